The molecule has 0 saturated carbocycles. The lowest BCUT2D eigenvalue weighted by Crippen LogP contribution is -2.27. The average Bonchev–Trinajstić information content (AvgIpc) is 2.58. The summed E-state index contributed by atoms with van der Waals surface area (Å²) in [5.74, 6) is 1.77. The quantitative estimate of drug-likeness (QED) is 0.796. The Labute approximate surface area is 102 Å². The van der Waals surface area contributed by atoms with E-state index in [4.69, 9.17) is 18.0 Å². The van der Waals surface area contributed by atoms with E-state index >= 15 is 0 Å². The zero-order valence-electron chi connectivity index (χ0n) is 9.68. The van der Waals surface area contributed by atoms with Gasteiger partial charge in [0, 0.05) is 24.3 Å². The molecule has 1 aromatic heterocycles. The number of hydrogen-bond donors (Lipinski definition) is 1. The molecule has 2 unspecified atom stereocenters. The van der Waals surface area contributed by atoms with Crippen molar-refractivity contribution in [3.05, 3.63) is 23.9 Å². The van der Waals surface area contributed by atoms with E-state index in [1.54, 1.807) is 6.20 Å². The van der Waals surface area contributed by atoms with Crippen molar-refractivity contribution in [3.8, 4) is 0 Å². The third-order valence-electron chi connectivity index (χ3n) is 3.11. The molecule has 1 fully saturated rings. The summed E-state index contributed by atoms with van der Waals surface area (Å²) >= 11 is 4.91. The molecule has 0 spiro atoms. The molecule has 1 saturated heterocycles. The molecule has 0 bridgehead atoms. The molecule has 1 aliphatic rings. The molecule has 86 valence electrons. The van der Waals surface area contributed by atoms with Crippen molar-refractivity contribution in [2.24, 2.45) is 11.7 Å². The Balaban J connectivity index is 2.19. The molecule has 2 rings (SSSR count). The summed E-state index contributed by atoms with van der Waals surface area (Å²) < 4.78 is 0. The van der Waals surface area contributed by atoms with Gasteiger partial charge in [-0.05, 0) is 31.4 Å². The topological polar surface area (TPSA) is 42.1 Å². The number of hydrogen-bond acceptors (Lipinski definition) is 3. The van der Waals surface area contributed by atoms with Gasteiger partial charge < -0.3 is 10.6 Å². The molecule has 4 heteroatoms. The van der Waals surface area contributed by atoms with Crippen LogP contribution in [0.4, 0.5) is 5.82 Å². The summed E-state index contributed by atoms with van der Waals surface area (Å²) in [6, 6.07) is 4.52. The van der Waals surface area contributed by atoms with Crippen LogP contribution in [0, 0.1) is 5.92 Å². The van der Waals surface area contributed by atoms with E-state index in [1.807, 2.05) is 12.1 Å². The molecule has 2 N–H and O–H groups in total. The standard InChI is InChI=1S/C12H17N3S/c1-8-5-9(2)15(7-8)11-4-3-10(6-14-11)12(13)16/h3-4,6,8-9H,5,7H2,1-2H3,(H2,13,16). The lowest BCUT2D eigenvalue weighted by atomic mass is 10.1. The molecule has 1 aliphatic heterocycles. The molecule has 2 heterocycles. The van der Waals surface area contributed by atoms with Crippen molar-refractivity contribution in [3.63, 3.8) is 0 Å². The first-order chi connectivity index (χ1) is 7.58. The van der Waals surface area contributed by atoms with Crippen molar-refractivity contribution in [2.45, 2.75) is 26.3 Å². The second-order valence-electron chi connectivity index (χ2n) is 4.61. The van der Waals surface area contributed by atoms with E-state index in [0.29, 0.717) is 11.0 Å². The highest BCUT2D eigenvalue weighted by Crippen LogP contribution is 2.27. The smallest absolute Gasteiger partial charge is 0.128 e. The zero-order chi connectivity index (χ0) is 11.7. The minimum atomic E-state index is 0.405. The lowest BCUT2D eigenvalue weighted by molar-refractivity contribution is 0.625. The van der Waals surface area contributed by atoms with E-state index in [2.05, 4.69) is 23.7 Å². The van der Waals surface area contributed by atoms with Gasteiger partial charge in [-0.3, -0.25) is 0 Å². The maximum Gasteiger partial charge on any atom is 0.128 e. The van der Waals surface area contributed by atoms with Gasteiger partial charge in [0.2, 0.25) is 0 Å². The predicted octanol–water partition coefficient (Wildman–Crippen LogP) is 1.95. The summed E-state index contributed by atoms with van der Waals surface area (Å²) in [5.41, 5.74) is 6.38. The molecule has 3 nitrogen and oxygen atoms in total. The first-order valence-electron chi connectivity index (χ1n) is 5.60. The maximum absolute atomic E-state index is 5.54. The van der Waals surface area contributed by atoms with Crippen LogP contribution in [-0.2, 0) is 0 Å². The monoisotopic (exact) mass is 235 g/mol. The molecule has 0 aliphatic carbocycles. The first-order valence-corrected chi connectivity index (χ1v) is 6.01. The number of nitrogens with two attached hydrogens (primary N) is 1. The van der Waals surface area contributed by atoms with Gasteiger partial charge in [-0.25, -0.2) is 4.98 Å². The number of nitrogens with zero attached hydrogens (tertiary/aromatic N) is 2. The molecule has 0 radical (unpaired) electrons. The first kappa shape index (κ1) is 11.3. The fourth-order valence-corrected chi connectivity index (χ4v) is 2.44. The molecular weight excluding hydrogens is 218 g/mol. The minimum Gasteiger partial charge on any atom is -0.389 e. The summed E-state index contributed by atoms with van der Waals surface area (Å²) in [5, 5.41) is 0. The van der Waals surface area contributed by atoms with Crippen LogP contribution in [0.25, 0.3) is 0 Å². The molecule has 1 aromatic rings. The third kappa shape index (κ3) is 2.16. The number of thiocarbonyl (C=S) groups is 1. The normalized spacial score (nSPS) is 24.8. The van der Waals surface area contributed by atoms with Gasteiger partial charge in [-0.15, -0.1) is 0 Å². The van der Waals surface area contributed by atoms with Crippen LogP contribution < -0.4 is 10.6 Å². The van der Waals surface area contributed by atoms with E-state index in [9.17, 15) is 0 Å². The Kier molecular flexibility index (Phi) is 3.10. The maximum atomic E-state index is 5.54. The number of aromatic nitrogens is 1. The minimum absolute atomic E-state index is 0.405. The van der Waals surface area contributed by atoms with Crippen LogP contribution in [0.2, 0.25) is 0 Å². The van der Waals surface area contributed by atoms with Crippen LogP contribution in [0.15, 0.2) is 18.3 Å². The van der Waals surface area contributed by atoms with Crippen LogP contribution in [0.3, 0.4) is 0 Å². The van der Waals surface area contributed by atoms with Gasteiger partial charge in [0.25, 0.3) is 0 Å². The Morgan fingerprint density at radius 3 is 2.69 bits per heavy atom. The van der Waals surface area contributed by atoms with Crippen LogP contribution in [0.5, 0.6) is 0 Å². The summed E-state index contributed by atoms with van der Waals surface area (Å²) in [6.07, 6.45) is 2.99. The Bertz CT molecular complexity index is 388. The van der Waals surface area contributed by atoms with Crippen molar-refractivity contribution < 1.29 is 0 Å². The van der Waals surface area contributed by atoms with E-state index in [0.717, 1.165) is 23.8 Å². The third-order valence-corrected chi connectivity index (χ3v) is 3.35. The van der Waals surface area contributed by atoms with E-state index in [1.165, 1.54) is 6.42 Å². The zero-order valence-corrected chi connectivity index (χ0v) is 10.5. The highest BCUT2D eigenvalue weighted by atomic mass is 32.1. The van der Waals surface area contributed by atoms with Crippen molar-refractivity contribution in [2.75, 3.05) is 11.4 Å². The van der Waals surface area contributed by atoms with Crippen molar-refractivity contribution in [1.82, 2.24) is 4.98 Å². The van der Waals surface area contributed by atoms with Gasteiger partial charge in [-0.2, -0.15) is 0 Å². The fourth-order valence-electron chi connectivity index (χ4n) is 2.32. The highest BCUT2D eigenvalue weighted by molar-refractivity contribution is 7.80. The predicted molar refractivity (Wildman–Crippen MR) is 70.7 cm³/mol. The van der Waals surface area contributed by atoms with Crippen molar-refractivity contribution in [1.29, 1.82) is 0 Å². The fraction of sp³-hybridized carbons (Fsp3) is 0.500. The van der Waals surface area contributed by atoms with Crippen LogP contribution >= 0.6 is 12.2 Å². The Hall–Kier alpha value is -1.16. The van der Waals surface area contributed by atoms with Gasteiger partial charge in [0.1, 0.15) is 10.8 Å². The van der Waals surface area contributed by atoms with Gasteiger partial charge in [0.15, 0.2) is 0 Å². The molecule has 16 heavy (non-hydrogen) atoms. The Morgan fingerprint density at radius 2 is 2.25 bits per heavy atom. The number of rotatable bonds is 2. The van der Waals surface area contributed by atoms with Gasteiger partial charge in [-0.1, -0.05) is 19.1 Å². The number of anilines is 1. The van der Waals surface area contributed by atoms with E-state index in [-0.39, 0.29) is 0 Å². The number of pyridine rings is 1. The molecule has 0 aromatic carbocycles. The van der Waals surface area contributed by atoms with E-state index < -0.39 is 0 Å². The second kappa shape index (κ2) is 4.37. The lowest BCUT2D eigenvalue weighted by Gasteiger charge is -2.22. The molecular formula is C12H17N3S. The largest absolute Gasteiger partial charge is 0.389 e. The van der Waals surface area contributed by atoms with Crippen LogP contribution in [0.1, 0.15) is 25.8 Å². The summed E-state index contributed by atoms with van der Waals surface area (Å²) in [6.45, 7) is 5.60. The Morgan fingerprint density at radius 1 is 1.50 bits per heavy atom. The molecule has 0 amide bonds. The van der Waals surface area contributed by atoms with Gasteiger partial charge >= 0.3 is 0 Å². The van der Waals surface area contributed by atoms with Crippen LogP contribution in [-0.4, -0.2) is 22.6 Å². The molecule has 2 atom stereocenters. The second-order valence-corrected chi connectivity index (χ2v) is 5.05. The SMILES string of the molecule is CC1CC(C)N(c2ccc(C(N)=S)cn2)C1. The van der Waals surface area contributed by atoms with Crippen molar-refractivity contribution >= 4 is 23.0 Å². The van der Waals surface area contributed by atoms with Gasteiger partial charge in [0.05, 0.1) is 0 Å². The summed E-state index contributed by atoms with van der Waals surface area (Å²) in [7, 11) is 0. The highest BCUT2D eigenvalue weighted by Gasteiger charge is 2.26. The average molecular weight is 235 g/mol. The summed E-state index contributed by atoms with van der Waals surface area (Å²) in [4.78, 5) is 7.17.